The van der Waals surface area contributed by atoms with Gasteiger partial charge in [0.2, 0.25) is 0 Å². The van der Waals surface area contributed by atoms with E-state index in [1.54, 1.807) is 17.6 Å². The molecule has 0 unspecified atom stereocenters. The van der Waals surface area contributed by atoms with E-state index in [0.29, 0.717) is 0 Å². The summed E-state index contributed by atoms with van der Waals surface area (Å²) in [6.45, 7) is 18.9. The maximum Gasteiger partial charge on any atom is 0.164 e. The Morgan fingerprint density at radius 2 is 1.50 bits per heavy atom. The molecule has 6 rings (SSSR count). The number of fused-ring (bicyclic) bond motifs is 6. The number of aromatic nitrogens is 1. The van der Waals surface area contributed by atoms with Crippen LogP contribution in [0.5, 0.6) is 0 Å². The summed E-state index contributed by atoms with van der Waals surface area (Å²) >= 11 is 1.76. The van der Waals surface area contributed by atoms with Crippen LogP contribution in [0.2, 0.25) is 0 Å². The first-order valence-corrected chi connectivity index (χ1v) is 17.7. The molecule has 0 aliphatic rings. The van der Waals surface area contributed by atoms with E-state index in [0.717, 1.165) is 53.3 Å². The second-order valence-electron chi connectivity index (χ2n) is 14.2. The fourth-order valence-electron chi connectivity index (χ4n) is 6.04. The molecule has 0 amide bonds. The Morgan fingerprint density at radius 3 is 2.15 bits per heavy atom. The molecule has 4 nitrogen and oxygen atoms in total. The first-order chi connectivity index (χ1) is 22.3. The van der Waals surface area contributed by atoms with E-state index >= 15 is 0 Å². The van der Waals surface area contributed by atoms with E-state index in [1.807, 2.05) is 53.8 Å². The maximum atomic E-state index is 12.2. The minimum atomic E-state index is -0.337. The molecule has 6 aromatic rings. The number of hydrogen-bond donors (Lipinski definition) is 1. The summed E-state index contributed by atoms with van der Waals surface area (Å²) < 4.78 is 8.17. The standard InChI is InChI=1S/C27H20NOS.C15H28O2.Ir/c1-27(2,3)22-15-18(14-17-6-4-5-7-19(17)22)23-25-21(10-12-28-23)20-9-8-16-11-13-29-24(16)26(20)30-25;1-7-14(5,8-2)12(16)11-13(17)15(6,9-3)10-4;/h4-13,15H,1-3H3;11,16H,7-10H2,1-6H3;/q-1;;/b;12-11-;. The van der Waals surface area contributed by atoms with Crippen LogP contribution in [-0.2, 0) is 30.3 Å². The van der Waals surface area contributed by atoms with Gasteiger partial charge in [0.05, 0.1) is 11.0 Å². The normalized spacial score (nSPS) is 12.7. The van der Waals surface area contributed by atoms with Crippen molar-refractivity contribution in [2.45, 2.75) is 93.4 Å². The Kier molecular flexibility index (Phi) is 11.5. The predicted octanol–water partition coefficient (Wildman–Crippen LogP) is 12.8. The van der Waals surface area contributed by atoms with Crippen molar-refractivity contribution in [3.05, 3.63) is 90.5 Å². The zero-order valence-electron chi connectivity index (χ0n) is 29.7. The molecule has 0 aliphatic carbocycles. The summed E-state index contributed by atoms with van der Waals surface area (Å²) in [6.07, 6.45) is 8.43. The molecular formula is C42H48IrNO3S-. The molecule has 0 spiro atoms. The van der Waals surface area contributed by atoms with Crippen molar-refractivity contribution < 1.29 is 34.4 Å². The van der Waals surface area contributed by atoms with Gasteiger partial charge in [-0.1, -0.05) is 104 Å². The number of carbonyl (C=O) groups is 1. The van der Waals surface area contributed by atoms with Crippen LogP contribution in [-0.4, -0.2) is 15.9 Å². The van der Waals surface area contributed by atoms with Gasteiger partial charge in [-0.15, -0.1) is 40.5 Å². The molecule has 0 aliphatic heterocycles. The first-order valence-electron chi connectivity index (χ1n) is 16.9. The molecule has 48 heavy (non-hydrogen) atoms. The van der Waals surface area contributed by atoms with Crippen molar-refractivity contribution in [1.82, 2.24) is 4.98 Å². The zero-order chi connectivity index (χ0) is 34.1. The minimum absolute atomic E-state index is 0. The van der Waals surface area contributed by atoms with Gasteiger partial charge in [0, 0.05) is 64.4 Å². The van der Waals surface area contributed by atoms with Crippen molar-refractivity contribution >= 4 is 59.0 Å². The number of thiophene rings is 1. The van der Waals surface area contributed by atoms with Crippen LogP contribution in [0, 0.1) is 16.9 Å². The van der Waals surface area contributed by atoms with Crippen LogP contribution >= 0.6 is 11.3 Å². The molecule has 6 heteroatoms. The van der Waals surface area contributed by atoms with Crippen molar-refractivity contribution in [2.24, 2.45) is 10.8 Å². The van der Waals surface area contributed by atoms with Crippen molar-refractivity contribution in [3.63, 3.8) is 0 Å². The largest absolute Gasteiger partial charge is 0.512 e. The third kappa shape index (κ3) is 7.04. The molecule has 0 bridgehead atoms. The van der Waals surface area contributed by atoms with Gasteiger partial charge in [-0.05, 0) is 48.6 Å². The average Bonchev–Trinajstić information content (AvgIpc) is 3.71. The summed E-state index contributed by atoms with van der Waals surface area (Å²) in [7, 11) is 0. The number of hydrogen-bond acceptors (Lipinski definition) is 5. The molecule has 0 atom stereocenters. The number of rotatable bonds is 8. The van der Waals surface area contributed by atoms with Gasteiger partial charge in [0.1, 0.15) is 5.76 Å². The zero-order valence-corrected chi connectivity index (χ0v) is 32.9. The number of pyridine rings is 1. The molecule has 0 saturated carbocycles. The van der Waals surface area contributed by atoms with E-state index in [-0.39, 0.29) is 47.9 Å². The van der Waals surface area contributed by atoms with E-state index in [4.69, 9.17) is 9.40 Å². The van der Waals surface area contributed by atoms with Gasteiger partial charge in [-0.2, -0.15) is 0 Å². The summed E-state index contributed by atoms with van der Waals surface area (Å²) in [5.41, 5.74) is 3.74. The molecule has 255 valence electrons. The van der Waals surface area contributed by atoms with Gasteiger partial charge in [0.25, 0.3) is 0 Å². The molecule has 1 radical (unpaired) electrons. The van der Waals surface area contributed by atoms with Crippen LogP contribution in [0.3, 0.4) is 0 Å². The fourth-order valence-corrected chi connectivity index (χ4v) is 7.34. The Balaban J connectivity index is 0.000000251. The fraction of sp³-hybridized carbons (Fsp3) is 0.381. The number of furan rings is 1. The van der Waals surface area contributed by atoms with Gasteiger partial charge < -0.3 is 9.52 Å². The Hall–Kier alpha value is -3.31. The second kappa shape index (κ2) is 14.7. The summed E-state index contributed by atoms with van der Waals surface area (Å²) in [4.78, 5) is 17.0. The molecule has 3 aromatic carbocycles. The number of aliphatic hydroxyl groups excluding tert-OH is 1. The molecule has 0 saturated heterocycles. The van der Waals surface area contributed by atoms with E-state index < -0.39 is 0 Å². The van der Waals surface area contributed by atoms with Crippen molar-refractivity contribution in [2.75, 3.05) is 0 Å². The molecule has 3 aromatic heterocycles. The monoisotopic (exact) mass is 839 g/mol. The minimum Gasteiger partial charge on any atom is -0.512 e. The van der Waals surface area contributed by atoms with Gasteiger partial charge in [-0.3, -0.25) is 9.78 Å². The van der Waals surface area contributed by atoms with Crippen molar-refractivity contribution in [1.29, 1.82) is 0 Å². The number of benzene rings is 3. The summed E-state index contributed by atoms with van der Waals surface area (Å²) in [6, 6.07) is 22.9. The van der Waals surface area contributed by atoms with Crippen LogP contribution in [0.1, 0.15) is 93.6 Å². The Labute approximate surface area is 303 Å². The number of carbonyl (C=O) groups excluding carboxylic acids is 1. The van der Waals surface area contributed by atoms with E-state index in [2.05, 4.69) is 75.4 Å². The quantitative estimate of drug-likeness (QED) is 0.0942. The summed E-state index contributed by atoms with van der Waals surface area (Å²) in [5.74, 6) is 0.286. The number of ketones is 1. The van der Waals surface area contributed by atoms with Crippen LogP contribution in [0.15, 0.2) is 83.3 Å². The summed E-state index contributed by atoms with van der Waals surface area (Å²) in [5, 5.41) is 16.1. The maximum absolute atomic E-state index is 12.2. The third-order valence-electron chi connectivity index (χ3n) is 10.4. The third-order valence-corrected chi connectivity index (χ3v) is 11.6. The number of aliphatic hydroxyl groups is 1. The van der Waals surface area contributed by atoms with Crippen molar-refractivity contribution in [3.8, 4) is 11.3 Å². The number of nitrogens with zero attached hydrogens (tertiary/aromatic N) is 1. The average molecular weight is 839 g/mol. The molecule has 1 N–H and O–H groups in total. The Morgan fingerprint density at radius 1 is 0.854 bits per heavy atom. The topological polar surface area (TPSA) is 63.3 Å². The molecule has 0 fully saturated rings. The van der Waals surface area contributed by atoms with Gasteiger partial charge >= 0.3 is 0 Å². The predicted molar refractivity (Wildman–Crippen MR) is 200 cm³/mol. The molecular weight excluding hydrogens is 791 g/mol. The van der Waals surface area contributed by atoms with Gasteiger partial charge in [0.15, 0.2) is 11.4 Å². The van der Waals surface area contributed by atoms with Crippen LogP contribution in [0.25, 0.3) is 53.2 Å². The van der Waals surface area contributed by atoms with Crippen LogP contribution < -0.4 is 0 Å². The smallest absolute Gasteiger partial charge is 0.164 e. The number of allylic oxidation sites excluding steroid dienone is 2. The molecule has 3 heterocycles. The first kappa shape index (κ1) is 37.5. The van der Waals surface area contributed by atoms with Gasteiger partial charge in [-0.25, -0.2) is 0 Å². The van der Waals surface area contributed by atoms with Crippen LogP contribution in [0.4, 0.5) is 0 Å². The second-order valence-corrected chi connectivity index (χ2v) is 15.3. The Bertz CT molecular complexity index is 2090. The SMILES string of the molecule is CC(C)(C)c1cc(-c2nccc3c2sc2c3ccc3ccoc32)[c-]c2ccccc12.CCC(C)(CC)C(=O)/C=C(\O)C(C)(CC)CC.[Ir]. The van der Waals surface area contributed by atoms with E-state index in [1.165, 1.54) is 37.2 Å². The van der Waals surface area contributed by atoms with E-state index in [9.17, 15) is 9.90 Å².